The predicted octanol–water partition coefficient (Wildman–Crippen LogP) is 3.37. The number of nitrogens with one attached hydrogen (secondary N) is 1. The second-order valence-electron chi connectivity index (χ2n) is 3.54. The number of amides is 1. The third-order valence-electron chi connectivity index (χ3n) is 2.37. The number of thiazole rings is 1. The van der Waals surface area contributed by atoms with E-state index in [4.69, 9.17) is 16.3 Å². The van der Waals surface area contributed by atoms with Crippen molar-refractivity contribution in [3.05, 3.63) is 39.3 Å². The Morgan fingerprint density at radius 1 is 1.50 bits per heavy atom. The zero-order chi connectivity index (χ0) is 13.1. The smallest absolute Gasteiger partial charge is 0.267 e. The summed E-state index contributed by atoms with van der Waals surface area (Å²) in [6, 6.07) is 5.19. The zero-order valence-electron chi connectivity index (χ0n) is 9.86. The zero-order valence-corrected chi connectivity index (χ0v) is 11.4. The first-order valence-corrected chi connectivity index (χ1v) is 6.43. The van der Waals surface area contributed by atoms with Crippen molar-refractivity contribution in [2.45, 2.75) is 6.92 Å². The number of nitrogens with zero attached hydrogens (tertiary/aromatic N) is 1. The Bertz CT molecular complexity index is 583. The number of hydrogen-bond acceptors (Lipinski definition) is 4. The van der Waals surface area contributed by atoms with Crippen molar-refractivity contribution in [1.82, 2.24) is 4.98 Å². The van der Waals surface area contributed by atoms with E-state index in [0.29, 0.717) is 27.0 Å². The van der Waals surface area contributed by atoms with Crippen molar-refractivity contribution >= 4 is 34.5 Å². The van der Waals surface area contributed by atoms with Crippen LogP contribution in [0.3, 0.4) is 0 Å². The van der Waals surface area contributed by atoms with Gasteiger partial charge in [-0.25, -0.2) is 4.98 Å². The summed E-state index contributed by atoms with van der Waals surface area (Å²) in [5, 5.41) is 3.22. The molecule has 0 aliphatic rings. The average Bonchev–Trinajstić information content (AvgIpc) is 2.76. The monoisotopic (exact) mass is 282 g/mol. The Balaban J connectivity index is 2.28. The molecule has 0 aliphatic carbocycles. The van der Waals surface area contributed by atoms with Gasteiger partial charge in [0.05, 0.1) is 29.0 Å². The molecule has 0 atom stereocenters. The van der Waals surface area contributed by atoms with Crippen molar-refractivity contribution in [2.75, 3.05) is 12.4 Å². The molecule has 0 saturated carbocycles. The highest BCUT2D eigenvalue weighted by Crippen LogP contribution is 2.32. The Labute approximate surface area is 114 Å². The molecule has 0 bridgehead atoms. The Morgan fingerprint density at radius 3 is 2.89 bits per heavy atom. The van der Waals surface area contributed by atoms with E-state index in [-0.39, 0.29) is 5.91 Å². The quantitative estimate of drug-likeness (QED) is 0.939. The number of ether oxygens (including phenoxy) is 1. The second-order valence-corrected chi connectivity index (χ2v) is 4.80. The van der Waals surface area contributed by atoms with Crippen LogP contribution in [0.5, 0.6) is 5.75 Å². The Hall–Kier alpha value is -1.59. The van der Waals surface area contributed by atoms with Crippen LogP contribution in [0.15, 0.2) is 23.7 Å². The number of halogens is 1. The van der Waals surface area contributed by atoms with Gasteiger partial charge in [0, 0.05) is 0 Å². The number of para-hydroxylation sites is 1. The number of aromatic nitrogens is 1. The average molecular weight is 283 g/mol. The molecular formula is C12H11ClN2O2S. The third-order valence-corrected chi connectivity index (χ3v) is 3.60. The molecule has 0 fully saturated rings. The first kappa shape index (κ1) is 12.9. The number of aryl methyl sites for hydroxylation is 1. The maximum absolute atomic E-state index is 12.0. The summed E-state index contributed by atoms with van der Waals surface area (Å²) >= 11 is 7.28. The van der Waals surface area contributed by atoms with Gasteiger partial charge in [0.25, 0.3) is 5.91 Å². The van der Waals surface area contributed by atoms with E-state index >= 15 is 0 Å². The van der Waals surface area contributed by atoms with Gasteiger partial charge in [0.15, 0.2) is 5.75 Å². The lowest BCUT2D eigenvalue weighted by molar-refractivity contribution is 0.102. The summed E-state index contributed by atoms with van der Waals surface area (Å²) < 4.78 is 5.17. The van der Waals surface area contributed by atoms with Gasteiger partial charge in [-0.1, -0.05) is 17.7 Å². The molecule has 94 valence electrons. The maximum Gasteiger partial charge on any atom is 0.267 e. The first-order valence-electron chi connectivity index (χ1n) is 5.17. The highest BCUT2D eigenvalue weighted by atomic mass is 35.5. The van der Waals surface area contributed by atoms with Crippen molar-refractivity contribution < 1.29 is 9.53 Å². The summed E-state index contributed by atoms with van der Waals surface area (Å²) in [6.07, 6.45) is 0. The maximum atomic E-state index is 12.0. The number of carbonyl (C=O) groups excluding carboxylic acids is 1. The largest absolute Gasteiger partial charge is 0.493 e. The van der Waals surface area contributed by atoms with Gasteiger partial charge in [0.2, 0.25) is 0 Å². The topological polar surface area (TPSA) is 51.2 Å². The normalized spacial score (nSPS) is 10.2. The van der Waals surface area contributed by atoms with Crippen LogP contribution in [0.4, 0.5) is 5.69 Å². The lowest BCUT2D eigenvalue weighted by atomic mass is 10.2. The van der Waals surface area contributed by atoms with Gasteiger partial charge in [-0.3, -0.25) is 4.79 Å². The molecule has 4 nitrogen and oxygen atoms in total. The van der Waals surface area contributed by atoms with Crippen molar-refractivity contribution in [3.8, 4) is 5.75 Å². The lowest BCUT2D eigenvalue weighted by Crippen LogP contribution is -2.12. The molecule has 2 aromatic rings. The Kier molecular flexibility index (Phi) is 3.84. The Morgan fingerprint density at radius 2 is 2.28 bits per heavy atom. The molecule has 1 amide bonds. The number of methoxy groups -OCH3 is 1. The van der Waals surface area contributed by atoms with E-state index in [1.54, 1.807) is 30.6 Å². The SMILES string of the molecule is COc1c(Cl)cccc1NC(=O)c1scnc1C. The van der Waals surface area contributed by atoms with Crippen LogP contribution in [-0.2, 0) is 0 Å². The molecule has 0 saturated heterocycles. The minimum Gasteiger partial charge on any atom is -0.493 e. The van der Waals surface area contributed by atoms with Crippen LogP contribution in [0.2, 0.25) is 5.02 Å². The van der Waals surface area contributed by atoms with Crippen LogP contribution in [0, 0.1) is 6.92 Å². The molecule has 0 aliphatic heterocycles. The van der Waals surface area contributed by atoms with E-state index in [1.807, 2.05) is 0 Å². The van der Waals surface area contributed by atoms with Gasteiger partial charge in [0.1, 0.15) is 4.88 Å². The van der Waals surface area contributed by atoms with E-state index in [1.165, 1.54) is 18.4 Å². The van der Waals surface area contributed by atoms with E-state index in [0.717, 1.165) is 0 Å². The van der Waals surface area contributed by atoms with Crippen molar-refractivity contribution in [2.24, 2.45) is 0 Å². The minimum atomic E-state index is -0.212. The van der Waals surface area contributed by atoms with Gasteiger partial charge >= 0.3 is 0 Å². The van der Waals surface area contributed by atoms with Gasteiger partial charge < -0.3 is 10.1 Å². The van der Waals surface area contributed by atoms with Crippen molar-refractivity contribution in [1.29, 1.82) is 0 Å². The molecule has 1 aromatic carbocycles. The summed E-state index contributed by atoms with van der Waals surface area (Å²) in [6.45, 7) is 1.79. The molecule has 0 unspecified atom stereocenters. The fourth-order valence-corrected chi connectivity index (χ4v) is 2.46. The molecule has 0 radical (unpaired) electrons. The number of hydrogen-bond donors (Lipinski definition) is 1. The highest BCUT2D eigenvalue weighted by Gasteiger charge is 2.15. The predicted molar refractivity (Wildman–Crippen MR) is 72.8 cm³/mol. The fourth-order valence-electron chi connectivity index (χ4n) is 1.51. The molecule has 6 heteroatoms. The summed E-state index contributed by atoms with van der Waals surface area (Å²) in [5.74, 6) is 0.241. The second kappa shape index (κ2) is 5.37. The van der Waals surface area contributed by atoms with E-state index in [9.17, 15) is 4.79 Å². The molecular weight excluding hydrogens is 272 g/mol. The standard InChI is InChI=1S/C12H11ClN2O2S/c1-7-11(18-6-14-7)12(16)15-9-5-3-4-8(13)10(9)17-2/h3-6H,1-2H3,(H,15,16). The molecule has 0 spiro atoms. The molecule has 18 heavy (non-hydrogen) atoms. The van der Waals surface area contributed by atoms with E-state index in [2.05, 4.69) is 10.3 Å². The number of benzene rings is 1. The summed E-state index contributed by atoms with van der Waals surface area (Å²) in [7, 11) is 1.51. The van der Waals surface area contributed by atoms with Crippen molar-refractivity contribution in [3.63, 3.8) is 0 Å². The number of rotatable bonds is 3. The molecule has 1 heterocycles. The fraction of sp³-hybridized carbons (Fsp3) is 0.167. The molecule has 2 rings (SSSR count). The lowest BCUT2D eigenvalue weighted by Gasteiger charge is -2.10. The van der Waals surface area contributed by atoms with E-state index < -0.39 is 0 Å². The molecule has 1 N–H and O–H groups in total. The number of anilines is 1. The van der Waals surface area contributed by atoms with Crippen LogP contribution >= 0.6 is 22.9 Å². The summed E-state index contributed by atoms with van der Waals surface area (Å²) in [5.41, 5.74) is 2.89. The number of carbonyl (C=O) groups is 1. The third kappa shape index (κ3) is 2.47. The first-order chi connectivity index (χ1) is 8.63. The minimum absolute atomic E-state index is 0.212. The molecule has 1 aromatic heterocycles. The van der Waals surface area contributed by atoms with Crippen LogP contribution < -0.4 is 10.1 Å². The van der Waals surface area contributed by atoms with Crippen LogP contribution in [-0.4, -0.2) is 18.0 Å². The van der Waals surface area contributed by atoms with Crippen LogP contribution in [0.25, 0.3) is 0 Å². The highest BCUT2D eigenvalue weighted by molar-refractivity contribution is 7.12. The van der Waals surface area contributed by atoms with Gasteiger partial charge in [-0.2, -0.15) is 0 Å². The van der Waals surface area contributed by atoms with Crippen LogP contribution in [0.1, 0.15) is 15.4 Å². The van der Waals surface area contributed by atoms with Gasteiger partial charge in [-0.15, -0.1) is 11.3 Å². The van der Waals surface area contributed by atoms with Gasteiger partial charge in [-0.05, 0) is 19.1 Å². The summed E-state index contributed by atoms with van der Waals surface area (Å²) in [4.78, 5) is 16.7.